The van der Waals surface area contributed by atoms with E-state index in [0.717, 1.165) is 18.4 Å². The Bertz CT molecular complexity index is 959. The number of halogens is 2. The molecule has 0 radical (unpaired) electrons. The van der Waals surface area contributed by atoms with Gasteiger partial charge in [0.2, 0.25) is 0 Å². The molecule has 7 heteroatoms. The first-order chi connectivity index (χ1) is 14.4. The number of amides is 1. The molecule has 168 valence electrons. The highest BCUT2D eigenvalue weighted by Crippen LogP contribution is 2.37. The molecular weight excluding hydrogens is 480 g/mol. The van der Waals surface area contributed by atoms with Crippen molar-refractivity contribution in [1.82, 2.24) is 10.6 Å². The summed E-state index contributed by atoms with van der Waals surface area (Å²) in [6.45, 7) is 10.3. The van der Waals surface area contributed by atoms with Crippen molar-refractivity contribution in [2.45, 2.75) is 70.7 Å². The molecule has 1 amide bonds. The molecule has 1 aliphatic heterocycles. The van der Waals surface area contributed by atoms with Gasteiger partial charge in [0.05, 0.1) is 15.6 Å². The van der Waals surface area contributed by atoms with Crippen molar-refractivity contribution in [3.8, 4) is 11.5 Å². The minimum absolute atomic E-state index is 0.0526. The highest BCUT2D eigenvalue weighted by molar-refractivity contribution is 9.10. The van der Waals surface area contributed by atoms with Crippen LogP contribution < -0.4 is 15.4 Å². The second-order valence-corrected chi connectivity index (χ2v) is 10.8. The van der Waals surface area contributed by atoms with Gasteiger partial charge in [-0.2, -0.15) is 0 Å². The smallest absolute Gasteiger partial charge is 0.251 e. The summed E-state index contributed by atoms with van der Waals surface area (Å²) in [5, 5.41) is 17.0. The normalized spacial score (nSPS) is 19.0. The number of rotatable bonds is 5. The predicted octanol–water partition coefficient (Wildman–Crippen LogP) is 5.99. The van der Waals surface area contributed by atoms with Gasteiger partial charge in [-0.1, -0.05) is 23.7 Å². The maximum absolute atomic E-state index is 12.9. The van der Waals surface area contributed by atoms with Gasteiger partial charge in [-0.3, -0.25) is 4.79 Å². The molecule has 0 aliphatic carbocycles. The van der Waals surface area contributed by atoms with E-state index in [0.29, 0.717) is 26.6 Å². The molecule has 1 saturated heterocycles. The zero-order valence-electron chi connectivity index (χ0n) is 18.6. The van der Waals surface area contributed by atoms with Crippen LogP contribution in [0.15, 0.2) is 40.9 Å². The summed E-state index contributed by atoms with van der Waals surface area (Å²) in [6, 6.07) is 10.5. The molecule has 0 bridgehead atoms. The molecule has 3 rings (SSSR count). The van der Waals surface area contributed by atoms with E-state index in [9.17, 15) is 9.90 Å². The van der Waals surface area contributed by atoms with E-state index in [4.69, 9.17) is 16.3 Å². The maximum Gasteiger partial charge on any atom is 0.251 e. The third-order valence-electron chi connectivity index (χ3n) is 5.38. The lowest BCUT2D eigenvalue weighted by atomic mass is 9.79. The second kappa shape index (κ2) is 9.10. The molecule has 1 atom stereocenters. The number of nitrogens with one attached hydrogen (secondary N) is 2. The zero-order valence-corrected chi connectivity index (χ0v) is 20.9. The number of hydrogen-bond donors (Lipinski definition) is 3. The Balaban J connectivity index is 1.74. The van der Waals surface area contributed by atoms with E-state index < -0.39 is 6.10 Å². The van der Waals surface area contributed by atoms with E-state index in [2.05, 4.69) is 54.3 Å². The number of aliphatic hydroxyl groups excluding tert-OH is 1. The monoisotopic (exact) mass is 508 g/mol. The fourth-order valence-corrected chi connectivity index (χ4v) is 5.36. The van der Waals surface area contributed by atoms with Gasteiger partial charge in [0.1, 0.15) is 11.5 Å². The number of aliphatic hydroxyl groups is 1. The highest BCUT2D eigenvalue weighted by atomic mass is 79.9. The van der Waals surface area contributed by atoms with Crippen LogP contribution in [0.1, 0.15) is 69.5 Å². The van der Waals surface area contributed by atoms with Crippen molar-refractivity contribution >= 4 is 33.4 Å². The Morgan fingerprint density at radius 2 is 1.84 bits per heavy atom. The number of ether oxygens (including phenoxy) is 1. The maximum atomic E-state index is 12.9. The first-order valence-electron chi connectivity index (χ1n) is 10.4. The molecule has 31 heavy (non-hydrogen) atoms. The summed E-state index contributed by atoms with van der Waals surface area (Å²) < 4.78 is 6.61. The molecule has 1 fully saturated rings. The number of piperidine rings is 1. The van der Waals surface area contributed by atoms with Gasteiger partial charge in [-0.05, 0) is 93.2 Å². The van der Waals surface area contributed by atoms with Gasteiger partial charge in [0.15, 0.2) is 0 Å². The number of carbonyl (C=O) groups is 1. The van der Waals surface area contributed by atoms with Crippen LogP contribution in [0.3, 0.4) is 0 Å². The van der Waals surface area contributed by atoms with Crippen molar-refractivity contribution in [1.29, 1.82) is 0 Å². The zero-order chi connectivity index (χ0) is 23.0. The Hall–Kier alpha value is -1.60. The largest absolute Gasteiger partial charge is 0.455 e. The lowest BCUT2D eigenvalue weighted by Crippen LogP contribution is -2.62. The van der Waals surface area contributed by atoms with Crippen molar-refractivity contribution in [2.75, 3.05) is 0 Å². The van der Waals surface area contributed by atoms with Gasteiger partial charge < -0.3 is 20.5 Å². The fourth-order valence-electron chi connectivity index (χ4n) is 4.47. The first kappa shape index (κ1) is 24.1. The first-order valence-corrected chi connectivity index (χ1v) is 11.6. The molecule has 0 saturated carbocycles. The average molecular weight is 510 g/mol. The SMILES string of the molecule is CC(O)c1cccc(Oc2ccc(C(=O)NC3CC(C)(C)NC(C)(C)C3)cc2Cl)c1Br. The molecule has 2 aromatic carbocycles. The van der Waals surface area contributed by atoms with Crippen molar-refractivity contribution in [2.24, 2.45) is 0 Å². The van der Waals surface area contributed by atoms with E-state index in [-0.39, 0.29) is 23.0 Å². The van der Waals surface area contributed by atoms with Crippen LogP contribution in [0, 0.1) is 0 Å². The van der Waals surface area contributed by atoms with Crippen LogP contribution in [0.2, 0.25) is 5.02 Å². The van der Waals surface area contributed by atoms with Crippen LogP contribution in [0.4, 0.5) is 0 Å². The summed E-state index contributed by atoms with van der Waals surface area (Å²) >= 11 is 9.91. The Morgan fingerprint density at radius 1 is 1.19 bits per heavy atom. The lowest BCUT2D eigenvalue weighted by Gasteiger charge is -2.46. The minimum atomic E-state index is -0.635. The van der Waals surface area contributed by atoms with Crippen molar-refractivity contribution < 1.29 is 14.6 Å². The van der Waals surface area contributed by atoms with Crippen LogP contribution >= 0.6 is 27.5 Å². The third-order valence-corrected chi connectivity index (χ3v) is 6.53. The summed E-state index contributed by atoms with van der Waals surface area (Å²) in [5.41, 5.74) is 1.10. The summed E-state index contributed by atoms with van der Waals surface area (Å²) in [6.07, 6.45) is 1.07. The molecule has 1 heterocycles. The Kier molecular flexibility index (Phi) is 7.06. The van der Waals surface area contributed by atoms with E-state index in [1.165, 1.54) is 0 Å². The minimum Gasteiger partial charge on any atom is -0.455 e. The molecular formula is C24H30BrClN2O3. The molecule has 3 N–H and O–H groups in total. The van der Waals surface area contributed by atoms with Gasteiger partial charge in [0, 0.05) is 22.7 Å². The Labute approximate surface area is 197 Å². The number of carbonyl (C=O) groups excluding carboxylic acids is 1. The highest BCUT2D eigenvalue weighted by Gasteiger charge is 2.38. The molecule has 2 aromatic rings. The topological polar surface area (TPSA) is 70.6 Å². The van der Waals surface area contributed by atoms with Gasteiger partial charge in [-0.15, -0.1) is 0 Å². The molecule has 0 aromatic heterocycles. The fraction of sp³-hybridized carbons (Fsp3) is 0.458. The predicted molar refractivity (Wildman–Crippen MR) is 128 cm³/mol. The lowest BCUT2D eigenvalue weighted by molar-refractivity contribution is 0.0873. The van der Waals surface area contributed by atoms with E-state index >= 15 is 0 Å². The Morgan fingerprint density at radius 3 is 2.42 bits per heavy atom. The third kappa shape index (κ3) is 6.01. The number of hydrogen-bond acceptors (Lipinski definition) is 4. The van der Waals surface area contributed by atoms with Crippen LogP contribution in [0.25, 0.3) is 0 Å². The van der Waals surface area contributed by atoms with Crippen LogP contribution in [-0.2, 0) is 0 Å². The van der Waals surface area contributed by atoms with Crippen LogP contribution in [-0.4, -0.2) is 28.1 Å². The van der Waals surface area contributed by atoms with Gasteiger partial charge >= 0.3 is 0 Å². The van der Waals surface area contributed by atoms with Crippen molar-refractivity contribution in [3.05, 3.63) is 57.0 Å². The quantitative estimate of drug-likeness (QED) is 0.463. The van der Waals surface area contributed by atoms with Crippen molar-refractivity contribution in [3.63, 3.8) is 0 Å². The summed E-state index contributed by atoms with van der Waals surface area (Å²) in [7, 11) is 0. The number of benzene rings is 2. The second-order valence-electron chi connectivity index (χ2n) is 9.55. The standard InChI is InChI=1S/C24H30BrClN2O3/c1-14(29)17-7-6-8-20(21(17)25)31-19-10-9-15(11-18(19)26)22(30)27-16-12-23(2,3)28-24(4,5)13-16/h6-11,14,16,28-29H,12-13H2,1-5H3,(H,27,30). The molecule has 5 nitrogen and oxygen atoms in total. The molecule has 1 aliphatic rings. The van der Waals surface area contributed by atoms with E-state index in [1.54, 1.807) is 37.3 Å². The molecule has 0 spiro atoms. The molecule has 1 unspecified atom stereocenters. The van der Waals surface area contributed by atoms with Crippen LogP contribution in [0.5, 0.6) is 11.5 Å². The van der Waals surface area contributed by atoms with Gasteiger partial charge in [0.25, 0.3) is 5.91 Å². The van der Waals surface area contributed by atoms with E-state index in [1.807, 2.05) is 6.07 Å². The van der Waals surface area contributed by atoms with Gasteiger partial charge in [-0.25, -0.2) is 0 Å². The summed E-state index contributed by atoms with van der Waals surface area (Å²) in [4.78, 5) is 12.9. The summed E-state index contributed by atoms with van der Waals surface area (Å²) in [5.74, 6) is 0.826. The average Bonchev–Trinajstić information content (AvgIpc) is 2.61.